The maximum atomic E-state index is 12.5. The molecule has 29 heavy (non-hydrogen) atoms. The smallest absolute Gasteiger partial charge is 0.235 e. The third-order valence-electron chi connectivity index (χ3n) is 4.95. The molecule has 6 heteroatoms. The van der Waals surface area contributed by atoms with Crippen LogP contribution in [-0.2, 0) is 20.0 Å². The van der Waals surface area contributed by atoms with Gasteiger partial charge in [0, 0.05) is 17.0 Å². The zero-order valence-corrected chi connectivity index (χ0v) is 17.6. The van der Waals surface area contributed by atoms with E-state index < -0.39 is 26.9 Å². The molecule has 4 nitrogen and oxygen atoms in total. The van der Waals surface area contributed by atoms with Gasteiger partial charge in [0.1, 0.15) is 5.75 Å². The molecule has 0 unspecified atom stereocenters. The van der Waals surface area contributed by atoms with Crippen LogP contribution in [0, 0.1) is 0 Å². The minimum absolute atomic E-state index is 0.0749. The van der Waals surface area contributed by atoms with Gasteiger partial charge in [0.15, 0.2) is 9.84 Å². The lowest BCUT2D eigenvalue weighted by Crippen LogP contribution is -2.41. The quantitative estimate of drug-likeness (QED) is 0.613. The van der Waals surface area contributed by atoms with Gasteiger partial charge in [-0.1, -0.05) is 72.3 Å². The molecule has 0 bridgehead atoms. The van der Waals surface area contributed by atoms with E-state index in [4.69, 9.17) is 11.6 Å². The van der Waals surface area contributed by atoms with E-state index in [-0.39, 0.29) is 11.4 Å². The maximum Gasteiger partial charge on any atom is 0.235 e. The molecular formula is C23H22ClNO3S. The van der Waals surface area contributed by atoms with Crippen LogP contribution in [0.4, 0.5) is 0 Å². The number of halogens is 1. The highest BCUT2D eigenvalue weighted by Crippen LogP contribution is 2.31. The Morgan fingerprint density at radius 3 is 1.83 bits per heavy atom. The van der Waals surface area contributed by atoms with Gasteiger partial charge in [-0.3, -0.25) is 4.79 Å². The first kappa shape index (κ1) is 21.1. The summed E-state index contributed by atoms with van der Waals surface area (Å²) in [7, 11) is -3.74. The molecular weight excluding hydrogens is 406 g/mol. The average molecular weight is 428 g/mol. The summed E-state index contributed by atoms with van der Waals surface area (Å²) in [6.07, 6.45) is 0. The van der Waals surface area contributed by atoms with Crippen LogP contribution in [0.2, 0.25) is 5.02 Å². The van der Waals surface area contributed by atoms with E-state index in [0.29, 0.717) is 5.02 Å². The molecule has 3 rings (SSSR count). The van der Waals surface area contributed by atoms with E-state index in [1.807, 2.05) is 67.6 Å². The molecule has 3 aromatic rings. The maximum absolute atomic E-state index is 12.5. The predicted octanol–water partition coefficient (Wildman–Crippen LogP) is 4.24. The van der Waals surface area contributed by atoms with Crippen LogP contribution in [0.1, 0.15) is 18.1 Å². The fourth-order valence-corrected chi connectivity index (χ4v) is 4.50. The van der Waals surface area contributed by atoms with Crippen molar-refractivity contribution in [3.05, 3.63) is 101 Å². The highest BCUT2D eigenvalue weighted by Gasteiger charge is 2.30. The van der Waals surface area contributed by atoms with Crippen LogP contribution in [0.5, 0.6) is 0 Å². The van der Waals surface area contributed by atoms with Crippen molar-refractivity contribution in [3.63, 3.8) is 0 Å². The number of benzene rings is 3. The second-order valence-electron chi connectivity index (χ2n) is 7.05. The molecule has 0 aliphatic carbocycles. The molecule has 150 valence electrons. The second-order valence-corrected chi connectivity index (χ2v) is 9.48. The Kier molecular flexibility index (Phi) is 6.40. The third-order valence-corrected chi connectivity index (χ3v) is 6.84. The van der Waals surface area contributed by atoms with Crippen molar-refractivity contribution >= 4 is 27.3 Å². The number of rotatable bonds is 7. The number of hydrogen-bond donors (Lipinski definition) is 1. The number of hydrogen-bond acceptors (Lipinski definition) is 3. The van der Waals surface area contributed by atoms with Crippen molar-refractivity contribution in [3.8, 4) is 0 Å². The van der Waals surface area contributed by atoms with Gasteiger partial charge >= 0.3 is 0 Å². The Hall–Kier alpha value is -2.63. The first-order valence-corrected chi connectivity index (χ1v) is 11.2. The first-order chi connectivity index (χ1) is 13.8. The van der Waals surface area contributed by atoms with Gasteiger partial charge in [-0.15, -0.1) is 0 Å². The summed E-state index contributed by atoms with van der Waals surface area (Å²) in [5.74, 6) is -1.16. The second kappa shape index (κ2) is 8.80. The molecule has 3 aromatic carbocycles. The van der Waals surface area contributed by atoms with Crippen molar-refractivity contribution < 1.29 is 13.2 Å². The SMILES string of the molecule is CC(CNC(=O)CS(=O)(=O)c1ccc(Cl)cc1)(c1ccccc1)c1ccccc1. The van der Waals surface area contributed by atoms with Crippen LogP contribution in [-0.4, -0.2) is 26.6 Å². The lowest BCUT2D eigenvalue weighted by atomic mass is 9.76. The van der Waals surface area contributed by atoms with Crippen LogP contribution in [0.25, 0.3) is 0 Å². The van der Waals surface area contributed by atoms with E-state index >= 15 is 0 Å². The van der Waals surface area contributed by atoms with Crippen LogP contribution in [0.15, 0.2) is 89.8 Å². The van der Waals surface area contributed by atoms with Crippen LogP contribution in [0.3, 0.4) is 0 Å². The molecule has 0 heterocycles. The normalized spacial score (nSPS) is 11.8. The zero-order valence-electron chi connectivity index (χ0n) is 16.0. The van der Waals surface area contributed by atoms with E-state index in [9.17, 15) is 13.2 Å². The van der Waals surface area contributed by atoms with Gasteiger partial charge in [0.25, 0.3) is 0 Å². The summed E-state index contributed by atoms with van der Waals surface area (Å²) < 4.78 is 25.0. The molecule has 0 spiro atoms. The summed E-state index contributed by atoms with van der Waals surface area (Å²) in [5.41, 5.74) is 1.57. The van der Waals surface area contributed by atoms with Gasteiger partial charge in [0.2, 0.25) is 5.91 Å². The number of nitrogens with one attached hydrogen (secondary N) is 1. The summed E-state index contributed by atoms with van der Waals surface area (Å²) in [4.78, 5) is 12.6. The minimum atomic E-state index is -3.74. The van der Waals surface area contributed by atoms with Crippen molar-refractivity contribution in [2.45, 2.75) is 17.2 Å². The van der Waals surface area contributed by atoms with Gasteiger partial charge < -0.3 is 5.32 Å². The van der Waals surface area contributed by atoms with Crippen molar-refractivity contribution in [1.29, 1.82) is 0 Å². The van der Waals surface area contributed by atoms with Gasteiger partial charge in [0.05, 0.1) is 4.90 Å². The molecule has 0 saturated heterocycles. The standard InChI is InChI=1S/C23H22ClNO3S/c1-23(18-8-4-2-5-9-18,19-10-6-3-7-11-19)17-25-22(26)16-29(27,28)21-14-12-20(24)13-15-21/h2-15H,16-17H2,1H3,(H,25,26). The lowest BCUT2D eigenvalue weighted by molar-refractivity contribution is -0.118. The molecule has 0 aliphatic heterocycles. The molecule has 0 radical (unpaired) electrons. The summed E-state index contributed by atoms with van der Waals surface area (Å²) in [5, 5.41) is 3.25. The fourth-order valence-electron chi connectivity index (χ4n) is 3.21. The van der Waals surface area contributed by atoms with Gasteiger partial charge in [-0.25, -0.2) is 8.42 Å². The minimum Gasteiger partial charge on any atom is -0.354 e. The van der Waals surface area contributed by atoms with Crippen molar-refractivity contribution in [1.82, 2.24) is 5.32 Å². The number of sulfone groups is 1. The average Bonchev–Trinajstić information content (AvgIpc) is 2.73. The Morgan fingerprint density at radius 2 is 1.34 bits per heavy atom. The van der Waals surface area contributed by atoms with Crippen molar-refractivity contribution in [2.24, 2.45) is 0 Å². The van der Waals surface area contributed by atoms with Crippen LogP contribution >= 0.6 is 11.6 Å². The van der Waals surface area contributed by atoms with E-state index in [2.05, 4.69) is 5.32 Å². The number of amides is 1. The number of carbonyl (C=O) groups excluding carboxylic acids is 1. The van der Waals surface area contributed by atoms with Gasteiger partial charge in [-0.05, 0) is 42.3 Å². The summed E-state index contributed by atoms with van der Waals surface area (Å²) >= 11 is 5.81. The highest BCUT2D eigenvalue weighted by molar-refractivity contribution is 7.92. The topological polar surface area (TPSA) is 63.2 Å². The molecule has 0 fully saturated rings. The molecule has 1 N–H and O–H groups in total. The van der Waals surface area contributed by atoms with Crippen LogP contribution < -0.4 is 5.32 Å². The van der Waals surface area contributed by atoms with Crippen molar-refractivity contribution in [2.75, 3.05) is 12.3 Å². The molecule has 1 amide bonds. The summed E-state index contributed by atoms with van der Waals surface area (Å²) in [6, 6.07) is 25.5. The largest absolute Gasteiger partial charge is 0.354 e. The number of carbonyl (C=O) groups is 1. The monoisotopic (exact) mass is 427 g/mol. The van der Waals surface area contributed by atoms with E-state index in [0.717, 1.165) is 11.1 Å². The Morgan fingerprint density at radius 1 is 0.862 bits per heavy atom. The highest BCUT2D eigenvalue weighted by atomic mass is 35.5. The van der Waals surface area contributed by atoms with E-state index in [1.165, 1.54) is 24.3 Å². The Labute approximate surface area is 176 Å². The summed E-state index contributed by atoms with van der Waals surface area (Å²) in [6.45, 7) is 2.31. The van der Waals surface area contributed by atoms with E-state index in [1.54, 1.807) is 0 Å². The third kappa shape index (κ3) is 5.05. The zero-order chi connectivity index (χ0) is 20.9. The molecule has 0 atom stereocenters. The lowest BCUT2D eigenvalue weighted by Gasteiger charge is -2.31. The first-order valence-electron chi connectivity index (χ1n) is 9.17. The Bertz CT molecular complexity index is 1030. The predicted molar refractivity (Wildman–Crippen MR) is 116 cm³/mol. The Balaban J connectivity index is 1.78. The molecule has 0 saturated carbocycles. The van der Waals surface area contributed by atoms with Gasteiger partial charge in [-0.2, -0.15) is 0 Å². The molecule has 0 aromatic heterocycles. The fraction of sp³-hybridized carbons (Fsp3) is 0.174. The molecule has 0 aliphatic rings.